The van der Waals surface area contributed by atoms with Crippen molar-refractivity contribution in [3.8, 4) is 6.07 Å². The number of hydrogen-bond donors (Lipinski definition) is 1. The number of hydrogen-bond acceptors (Lipinski definition) is 2. The summed E-state index contributed by atoms with van der Waals surface area (Å²) in [6, 6.07) is 8.01. The number of benzene rings is 1. The average Bonchev–Trinajstić information content (AvgIpc) is 2.31. The maximum Gasteiger partial charge on any atom is 0.101 e. The van der Waals surface area contributed by atoms with Gasteiger partial charge in [0.2, 0.25) is 0 Å². The van der Waals surface area contributed by atoms with Gasteiger partial charge >= 0.3 is 0 Å². The lowest BCUT2D eigenvalue weighted by Gasteiger charge is -2.20. The van der Waals surface area contributed by atoms with Gasteiger partial charge in [0, 0.05) is 11.7 Å². The van der Waals surface area contributed by atoms with E-state index >= 15 is 0 Å². The Morgan fingerprint density at radius 1 is 1.38 bits per heavy atom. The second kappa shape index (κ2) is 5.05. The summed E-state index contributed by atoms with van der Waals surface area (Å²) in [5.74, 6) is 0. The summed E-state index contributed by atoms with van der Waals surface area (Å²) in [5, 5.41) is 12.7. The van der Waals surface area contributed by atoms with Crippen LogP contribution in [-0.4, -0.2) is 6.04 Å². The number of nitrogens with one attached hydrogen (secondary N) is 1. The second-order valence-corrected chi connectivity index (χ2v) is 4.34. The topological polar surface area (TPSA) is 35.8 Å². The van der Waals surface area contributed by atoms with Gasteiger partial charge in [-0.3, -0.25) is 0 Å². The van der Waals surface area contributed by atoms with Crippen LogP contribution in [0.25, 0.3) is 0 Å². The minimum absolute atomic E-state index is 0.481. The molecule has 16 heavy (non-hydrogen) atoms. The molecule has 0 bridgehead atoms. The maximum atomic E-state index is 8.77. The van der Waals surface area contributed by atoms with Crippen molar-refractivity contribution in [2.24, 2.45) is 0 Å². The molecular formula is C13H13ClN2. The minimum Gasteiger partial charge on any atom is -0.382 e. The predicted octanol–water partition coefficient (Wildman–Crippen LogP) is 3.73. The predicted molar refractivity (Wildman–Crippen MR) is 66.6 cm³/mol. The van der Waals surface area contributed by atoms with Crippen molar-refractivity contribution in [2.45, 2.75) is 25.3 Å². The number of anilines is 1. The molecule has 1 aliphatic carbocycles. The highest BCUT2D eigenvalue weighted by molar-refractivity contribution is 6.32. The van der Waals surface area contributed by atoms with Gasteiger partial charge in [-0.1, -0.05) is 23.8 Å². The van der Waals surface area contributed by atoms with Crippen molar-refractivity contribution in [3.05, 3.63) is 40.9 Å². The lowest BCUT2D eigenvalue weighted by molar-refractivity contribution is 0.645. The molecule has 2 nitrogen and oxygen atoms in total. The molecule has 0 aromatic heterocycles. The Kier molecular flexibility index (Phi) is 3.48. The van der Waals surface area contributed by atoms with Gasteiger partial charge in [-0.2, -0.15) is 5.26 Å². The number of nitriles is 1. The summed E-state index contributed by atoms with van der Waals surface area (Å²) >= 11 is 5.97. The molecule has 1 atom stereocenters. The number of allylic oxidation sites excluding steroid dienone is 1. The Labute approximate surface area is 101 Å². The smallest absolute Gasteiger partial charge is 0.101 e. The first-order valence-electron chi connectivity index (χ1n) is 5.41. The maximum absolute atomic E-state index is 8.77. The molecule has 0 radical (unpaired) electrons. The first-order valence-corrected chi connectivity index (χ1v) is 5.78. The molecule has 3 heteroatoms. The molecule has 1 N–H and O–H groups in total. The summed E-state index contributed by atoms with van der Waals surface area (Å²) in [5.41, 5.74) is 1.51. The van der Waals surface area contributed by atoms with E-state index in [4.69, 9.17) is 16.9 Å². The van der Waals surface area contributed by atoms with Crippen molar-refractivity contribution < 1.29 is 0 Å². The zero-order chi connectivity index (χ0) is 11.4. The molecule has 1 aromatic rings. The highest BCUT2D eigenvalue weighted by Gasteiger charge is 2.10. The first-order chi connectivity index (χ1) is 7.79. The Morgan fingerprint density at radius 3 is 2.88 bits per heavy atom. The molecular weight excluding hydrogens is 220 g/mol. The van der Waals surface area contributed by atoms with Crippen molar-refractivity contribution in [1.82, 2.24) is 0 Å². The van der Waals surface area contributed by atoms with Crippen LogP contribution < -0.4 is 5.32 Å². The first kappa shape index (κ1) is 11.0. The molecule has 0 saturated carbocycles. The molecule has 1 aromatic carbocycles. The normalized spacial score (nSPS) is 19.1. The van der Waals surface area contributed by atoms with E-state index in [1.165, 1.54) is 0 Å². The van der Waals surface area contributed by atoms with Crippen molar-refractivity contribution in [2.75, 3.05) is 5.32 Å². The van der Waals surface area contributed by atoms with Gasteiger partial charge in [0.1, 0.15) is 6.07 Å². The zero-order valence-electron chi connectivity index (χ0n) is 8.91. The van der Waals surface area contributed by atoms with Crippen LogP contribution in [0.5, 0.6) is 0 Å². The third-order valence-electron chi connectivity index (χ3n) is 2.73. The van der Waals surface area contributed by atoms with Crippen LogP contribution in [-0.2, 0) is 0 Å². The zero-order valence-corrected chi connectivity index (χ0v) is 9.67. The summed E-state index contributed by atoms with van der Waals surface area (Å²) in [7, 11) is 0. The Hall–Kier alpha value is -1.46. The molecule has 82 valence electrons. The van der Waals surface area contributed by atoms with E-state index in [1.807, 2.05) is 12.1 Å². The monoisotopic (exact) mass is 232 g/mol. The fourth-order valence-electron chi connectivity index (χ4n) is 1.86. The lowest BCUT2D eigenvalue weighted by atomic mass is 10.0. The number of nitrogens with zero attached hydrogens (tertiary/aromatic N) is 1. The summed E-state index contributed by atoms with van der Waals surface area (Å²) in [4.78, 5) is 0. The molecule has 0 heterocycles. The number of halogens is 1. The molecule has 0 fully saturated rings. The lowest BCUT2D eigenvalue weighted by Crippen LogP contribution is -2.20. The second-order valence-electron chi connectivity index (χ2n) is 3.93. The van der Waals surface area contributed by atoms with Crippen molar-refractivity contribution in [1.29, 1.82) is 5.26 Å². The van der Waals surface area contributed by atoms with Crippen LogP contribution in [0.1, 0.15) is 24.8 Å². The van der Waals surface area contributed by atoms with E-state index in [-0.39, 0.29) is 0 Å². The average molecular weight is 233 g/mol. The molecule has 0 aliphatic heterocycles. The Morgan fingerprint density at radius 2 is 2.25 bits per heavy atom. The third-order valence-corrected chi connectivity index (χ3v) is 3.04. The van der Waals surface area contributed by atoms with Crippen LogP contribution in [0.4, 0.5) is 5.69 Å². The SMILES string of the molecule is N#Cc1ccc(NC2CC=CCC2)cc1Cl. The quantitative estimate of drug-likeness (QED) is 0.789. The number of rotatable bonds is 2. The van der Waals surface area contributed by atoms with Crippen LogP contribution in [0.15, 0.2) is 30.4 Å². The minimum atomic E-state index is 0.481. The van der Waals surface area contributed by atoms with Crippen LogP contribution in [0.2, 0.25) is 5.02 Å². The van der Waals surface area contributed by atoms with E-state index in [1.54, 1.807) is 6.07 Å². The van der Waals surface area contributed by atoms with Gasteiger partial charge < -0.3 is 5.32 Å². The molecule has 1 aliphatic rings. The van der Waals surface area contributed by atoms with Gasteiger partial charge in [-0.05, 0) is 37.5 Å². The van der Waals surface area contributed by atoms with Gasteiger partial charge in [0.05, 0.1) is 10.6 Å². The molecule has 0 amide bonds. The van der Waals surface area contributed by atoms with Gasteiger partial charge in [0.25, 0.3) is 0 Å². The summed E-state index contributed by atoms with van der Waals surface area (Å²) < 4.78 is 0. The van der Waals surface area contributed by atoms with Gasteiger partial charge in [-0.25, -0.2) is 0 Å². The molecule has 1 unspecified atom stereocenters. The largest absolute Gasteiger partial charge is 0.382 e. The van der Waals surface area contributed by atoms with Crippen molar-refractivity contribution in [3.63, 3.8) is 0 Å². The molecule has 2 rings (SSSR count). The van der Waals surface area contributed by atoms with Crippen molar-refractivity contribution >= 4 is 17.3 Å². The van der Waals surface area contributed by atoms with E-state index < -0.39 is 0 Å². The summed E-state index contributed by atoms with van der Waals surface area (Å²) in [6.07, 6.45) is 7.74. The highest BCUT2D eigenvalue weighted by atomic mass is 35.5. The highest BCUT2D eigenvalue weighted by Crippen LogP contribution is 2.23. The van der Waals surface area contributed by atoms with Gasteiger partial charge in [-0.15, -0.1) is 0 Å². The van der Waals surface area contributed by atoms with E-state index in [0.717, 1.165) is 24.9 Å². The fourth-order valence-corrected chi connectivity index (χ4v) is 2.08. The van der Waals surface area contributed by atoms with Gasteiger partial charge in [0.15, 0.2) is 0 Å². The Balaban J connectivity index is 2.07. The van der Waals surface area contributed by atoms with E-state index in [9.17, 15) is 0 Å². The van der Waals surface area contributed by atoms with E-state index in [2.05, 4.69) is 23.5 Å². The fraction of sp³-hybridized carbons (Fsp3) is 0.308. The standard InChI is InChI=1S/C13H13ClN2/c14-13-8-12(7-6-10(13)9-15)16-11-4-2-1-3-5-11/h1-2,6-8,11,16H,3-5H2. The van der Waals surface area contributed by atoms with E-state index in [0.29, 0.717) is 16.6 Å². The summed E-state index contributed by atoms with van der Waals surface area (Å²) in [6.45, 7) is 0. The van der Waals surface area contributed by atoms with Crippen LogP contribution >= 0.6 is 11.6 Å². The Bertz CT molecular complexity index is 446. The molecule has 0 spiro atoms. The van der Waals surface area contributed by atoms with Crippen LogP contribution in [0.3, 0.4) is 0 Å². The molecule has 0 saturated heterocycles. The van der Waals surface area contributed by atoms with Crippen LogP contribution in [0, 0.1) is 11.3 Å². The third kappa shape index (κ3) is 2.56.